The summed E-state index contributed by atoms with van der Waals surface area (Å²) in [5, 5.41) is 12.2. The Morgan fingerprint density at radius 1 is 1.00 bits per heavy atom. The zero-order valence-corrected chi connectivity index (χ0v) is 18.0. The van der Waals surface area contributed by atoms with Gasteiger partial charge in [-0.05, 0) is 31.2 Å². The Labute approximate surface area is 190 Å². The summed E-state index contributed by atoms with van der Waals surface area (Å²) < 4.78 is 7.15. The topological polar surface area (TPSA) is 85.2 Å². The highest BCUT2D eigenvalue weighted by Gasteiger charge is 2.12. The second-order valence-electron chi connectivity index (χ2n) is 7.57. The maximum atomic E-state index is 13.2. The van der Waals surface area contributed by atoms with E-state index in [1.165, 1.54) is 10.2 Å². The van der Waals surface area contributed by atoms with Gasteiger partial charge in [-0.3, -0.25) is 9.89 Å². The Morgan fingerprint density at radius 3 is 2.58 bits per heavy atom. The van der Waals surface area contributed by atoms with Crippen LogP contribution in [-0.2, 0) is 6.61 Å². The third-order valence-corrected chi connectivity index (χ3v) is 5.25. The number of hydrogen-bond acceptors (Lipinski definition) is 5. The summed E-state index contributed by atoms with van der Waals surface area (Å²) in [6.45, 7) is 2.13. The number of nitrogens with one attached hydrogen (secondary N) is 1. The van der Waals surface area contributed by atoms with Gasteiger partial charge in [0.2, 0.25) is 0 Å². The van der Waals surface area contributed by atoms with Crippen LogP contribution in [0.25, 0.3) is 22.2 Å². The van der Waals surface area contributed by atoms with Crippen LogP contribution in [0.4, 0.5) is 0 Å². The lowest BCUT2D eigenvalue weighted by Gasteiger charge is -2.10. The van der Waals surface area contributed by atoms with Gasteiger partial charge in [0.25, 0.3) is 5.56 Å². The fraction of sp³-hybridized carbons (Fsp3) is 0.0769. The van der Waals surface area contributed by atoms with Gasteiger partial charge in [-0.25, -0.2) is 4.98 Å². The average Bonchev–Trinajstić information content (AvgIpc) is 3.32. The Morgan fingerprint density at radius 2 is 1.76 bits per heavy atom. The highest BCUT2D eigenvalue weighted by Crippen LogP contribution is 2.20. The van der Waals surface area contributed by atoms with Crippen molar-refractivity contribution in [3.05, 3.63) is 112 Å². The molecule has 7 nitrogen and oxygen atoms in total. The van der Waals surface area contributed by atoms with Crippen molar-refractivity contribution in [3.8, 4) is 17.0 Å². The van der Waals surface area contributed by atoms with E-state index in [9.17, 15) is 4.79 Å². The number of nitrogens with zero attached hydrogens (tertiary/aromatic N) is 4. The van der Waals surface area contributed by atoms with Crippen molar-refractivity contribution < 1.29 is 4.74 Å². The van der Waals surface area contributed by atoms with Gasteiger partial charge in [-0.15, -0.1) is 0 Å². The number of ether oxygens (including phenoxy) is 1. The highest BCUT2D eigenvalue weighted by atomic mass is 16.5. The minimum absolute atomic E-state index is 0.0949. The maximum Gasteiger partial charge on any atom is 0.282 e. The van der Waals surface area contributed by atoms with Gasteiger partial charge >= 0.3 is 0 Å². The molecule has 33 heavy (non-hydrogen) atoms. The highest BCUT2D eigenvalue weighted by molar-refractivity contribution is 5.88. The SMILES string of the molecule is Cc1ccc(-c2[nH]ncc2/C=N\n2c(COc3ccccc3)nc3ccccc3c2=O)cc1. The molecular weight excluding hydrogens is 414 g/mol. The normalized spacial score (nSPS) is 11.3. The average molecular weight is 435 g/mol. The van der Waals surface area contributed by atoms with Crippen molar-refractivity contribution >= 4 is 17.1 Å². The number of H-pyrrole nitrogens is 1. The van der Waals surface area contributed by atoms with Gasteiger partial charge in [0.1, 0.15) is 12.4 Å². The van der Waals surface area contributed by atoms with E-state index in [0.29, 0.717) is 22.5 Å². The largest absolute Gasteiger partial charge is 0.486 e. The molecule has 5 aromatic rings. The lowest BCUT2D eigenvalue weighted by Crippen LogP contribution is -2.23. The minimum Gasteiger partial charge on any atom is -0.486 e. The number of para-hydroxylation sites is 2. The van der Waals surface area contributed by atoms with Crippen LogP contribution in [0.15, 0.2) is 95.0 Å². The quantitative estimate of drug-likeness (QED) is 0.396. The van der Waals surface area contributed by atoms with E-state index >= 15 is 0 Å². The van der Waals surface area contributed by atoms with E-state index < -0.39 is 0 Å². The van der Waals surface area contributed by atoms with Gasteiger partial charge < -0.3 is 4.74 Å². The second kappa shape index (κ2) is 8.92. The molecule has 3 aromatic carbocycles. The van der Waals surface area contributed by atoms with Gasteiger partial charge in [0.15, 0.2) is 5.82 Å². The zero-order valence-electron chi connectivity index (χ0n) is 18.0. The van der Waals surface area contributed by atoms with Crippen LogP contribution in [0.1, 0.15) is 17.0 Å². The first kappa shape index (κ1) is 20.4. The zero-order chi connectivity index (χ0) is 22.6. The second-order valence-corrected chi connectivity index (χ2v) is 7.57. The molecule has 5 rings (SSSR count). The lowest BCUT2D eigenvalue weighted by atomic mass is 10.1. The Balaban J connectivity index is 1.54. The van der Waals surface area contributed by atoms with Crippen LogP contribution < -0.4 is 10.3 Å². The smallest absolute Gasteiger partial charge is 0.282 e. The summed E-state index contributed by atoms with van der Waals surface area (Å²) in [6, 6.07) is 24.7. The summed E-state index contributed by atoms with van der Waals surface area (Å²) >= 11 is 0. The number of aromatic nitrogens is 4. The molecule has 162 valence electrons. The fourth-order valence-corrected chi connectivity index (χ4v) is 3.51. The molecule has 0 spiro atoms. The molecular formula is C26H21N5O2. The van der Waals surface area contributed by atoms with Crippen molar-refractivity contribution in [2.24, 2.45) is 5.10 Å². The predicted molar refractivity (Wildman–Crippen MR) is 129 cm³/mol. The molecule has 0 bridgehead atoms. The molecule has 0 fully saturated rings. The van der Waals surface area contributed by atoms with E-state index in [2.05, 4.69) is 20.3 Å². The molecule has 0 amide bonds. The van der Waals surface area contributed by atoms with Crippen LogP contribution in [0.5, 0.6) is 5.75 Å². The van der Waals surface area contributed by atoms with E-state index in [-0.39, 0.29) is 12.2 Å². The molecule has 0 saturated carbocycles. The molecule has 0 radical (unpaired) electrons. The Bertz CT molecular complexity index is 1490. The van der Waals surface area contributed by atoms with Crippen LogP contribution >= 0.6 is 0 Å². The lowest BCUT2D eigenvalue weighted by molar-refractivity contribution is 0.289. The molecule has 7 heteroatoms. The van der Waals surface area contributed by atoms with Gasteiger partial charge in [-0.2, -0.15) is 14.9 Å². The van der Waals surface area contributed by atoms with Crippen molar-refractivity contribution in [2.75, 3.05) is 0 Å². The number of rotatable bonds is 6. The standard InChI is InChI=1S/C26H21N5O2/c1-18-11-13-19(14-12-18)25-20(15-27-30-25)16-28-31-24(17-33-21-7-3-2-4-8-21)29-23-10-6-5-9-22(23)26(31)32/h2-16H,17H2,1H3,(H,27,30)/b28-16-. The maximum absolute atomic E-state index is 13.2. The first-order valence-electron chi connectivity index (χ1n) is 10.5. The van der Waals surface area contributed by atoms with Crippen LogP contribution in [0, 0.1) is 6.92 Å². The molecule has 0 aliphatic carbocycles. The number of aryl methyl sites for hydroxylation is 1. The molecule has 0 unspecified atom stereocenters. The van der Waals surface area contributed by atoms with E-state index in [1.807, 2.05) is 79.7 Å². The summed E-state index contributed by atoms with van der Waals surface area (Å²) in [7, 11) is 0. The third-order valence-electron chi connectivity index (χ3n) is 5.25. The number of benzene rings is 3. The van der Waals surface area contributed by atoms with E-state index in [0.717, 1.165) is 16.8 Å². The number of aromatic amines is 1. The molecule has 2 aromatic heterocycles. The van der Waals surface area contributed by atoms with Crippen LogP contribution in [0.2, 0.25) is 0 Å². The van der Waals surface area contributed by atoms with Gasteiger partial charge in [0.05, 0.1) is 29.0 Å². The molecule has 2 heterocycles. The fourth-order valence-electron chi connectivity index (χ4n) is 3.51. The Hall–Kier alpha value is -4.52. The monoisotopic (exact) mass is 435 g/mol. The molecule has 0 atom stereocenters. The molecule has 0 saturated heterocycles. The summed E-state index contributed by atoms with van der Waals surface area (Å²) in [5.41, 5.74) is 4.08. The van der Waals surface area contributed by atoms with E-state index in [1.54, 1.807) is 18.5 Å². The van der Waals surface area contributed by atoms with Gasteiger partial charge in [0, 0.05) is 11.1 Å². The molecule has 1 N–H and O–H groups in total. The van der Waals surface area contributed by atoms with Gasteiger partial charge in [-0.1, -0.05) is 60.2 Å². The summed E-state index contributed by atoms with van der Waals surface area (Å²) in [5.74, 6) is 1.09. The summed E-state index contributed by atoms with van der Waals surface area (Å²) in [6.07, 6.45) is 3.29. The number of fused-ring (bicyclic) bond motifs is 1. The first-order chi connectivity index (χ1) is 16.2. The van der Waals surface area contributed by atoms with Crippen molar-refractivity contribution in [1.82, 2.24) is 19.9 Å². The van der Waals surface area contributed by atoms with Crippen molar-refractivity contribution in [1.29, 1.82) is 0 Å². The van der Waals surface area contributed by atoms with Crippen molar-refractivity contribution in [2.45, 2.75) is 13.5 Å². The van der Waals surface area contributed by atoms with E-state index in [4.69, 9.17) is 4.74 Å². The molecule has 0 aliphatic rings. The predicted octanol–water partition coefficient (Wildman–Crippen LogP) is 4.56. The molecule has 0 aliphatic heterocycles. The van der Waals surface area contributed by atoms with Crippen LogP contribution in [-0.4, -0.2) is 26.1 Å². The Kier molecular flexibility index (Phi) is 5.51. The van der Waals surface area contributed by atoms with Crippen molar-refractivity contribution in [3.63, 3.8) is 0 Å². The third kappa shape index (κ3) is 4.29. The minimum atomic E-state index is -0.260. The first-order valence-corrected chi connectivity index (χ1v) is 10.5. The summed E-state index contributed by atoms with van der Waals surface area (Å²) in [4.78, 5) is 17.9. The van der Waals surface area contributed by atoms with Crippen LogP contribution in [0.3, 0.4) is 0 Å². The number of hydrogen-bond donors (Lipinski definition) is 1.